The Balaban J connectivity index is 1.72. The largest absolute Gasteiger partial charge is 0.482 e. The maximum atomic E-state index is 11.8. The van der Waals surface area contributed by atoms with Gasteiger partial charge in [-0.15, -0.1) is 0 Å². The standard InChI is InChI=1S/C17H16N2O5/c1-12(17(21)19-10-15-3-2-8-22-15)24-16(20)11-23-14-6-4-13(9-18)5-7-14/h2-8,12H,10-11H2,1H3,(H,19,21)/t12-/m1/s1. The van der Waals surface area contributed by atoms with Crippen LogP contribution in [0.3, 0.4) is 0 Å². The predicted octanol–water partition coefficient (Wildman–Crippen LogP) is 1.78. The highest BCUT2D eigenvalue weighted by Gasteiger charge is 2.18. The summed E-state index contributed by atoms with van der Waals surface area (Å²) in [6.45, 7) is 1.36. The Morgan fingerprint density at radius 3 is 2.67 bits per heavy atom. The molecule has 0 bridgehead atoms. The van der Waals surface area contributed by atoms with Gasteiger partial charge in [0.1, 0.15) is 11.5 Å². The van der Waals surface area contributed by atoms with E-state index >= 15 is 0 Å². The zero-order valence-electron chi connectivity index (χ0n) is 13.0. The number of nitriles is 1. The Bertz CT molecular complexity index is 716. The minimum atomic E-state index is -0.947. The molecule has 0 saturated heterocycles. The van der Waals surface area contributed by atoms with Crippen molar-refractivity contribution < 1.29 is 23.5 Å². The first-order valence-electron chi connectivity index (χ1n) is 7.21. The molecule has 1 N–H and O–H groups in total. The van der Waals surface area contributed by atoms with Crippen LogP contribution >= 0.6 is 0 Å². The van der Waals surface area contributed by atoms with E-state index in [0.29, 0.717) is 17.1 Å². The Morgan fingerprint density at radius 2 is 2.04 bits per heavy atom. The first-order valence-corrected chi connectivity index (χ1v) is 7.21. The quantitative estimate of drug-likeness (QED) is 0.777. The molecule has 7 heteroatoms. The molecule has 0 unspecified atom stereocenters. The fourth-order valence-corrected chi connectivity index (χ4v) is 1.78. The number of benzene rings is 1. The summed E-state index contributed by atoms with van der Waals surface area (Å²) in [4.78, 5) is 23.5. The maximum Gasteiger partial charge on any atom is 0.344 e. The van der Waals surface area contributed by atoms with Gasteiger partial charge in [0.25, 0.3) is 5.91 Å². The van der Waals surface area contributed by atoms with Crippen molar-refractivity contribution in [2.24, 2.45) is 0 Å². The van der Waals surface area contributed by atoms with Crippen LogP contribution in [0.25, 0.3) is 0 Å². The van der Waals surface area contributed by atoms with Gasteiger partial charge < -0.3 is 19.2 Å². The van der Waals surface area contributed by atoms with Gasteiger partial charge in [-0.2, -0.15) is 5.26 Å². The van der Waals surface area contributed by atoms with E-state index < -0.39 is 18.0 Å². The van der Waals surface area contributed by atoms with Gasteiger partial charge in [-0.1, -0.05) is 0 Å². The molecular weight excluding hydrogens is 312 g/mol. The molecule has 0 saturated carbocycles. The lowest BCUT2D eigenvalue weighted by Gasteiger charge is -2.13. The number of hydrogen-bond donors (Lipinski definition) is 1. The number of furan rings is 1. The molecule has 7 nitrogen and oxygen atoms in total. The lowest BCUT2D eigenvalue weighted by atomic mass is 10.2. The number of ether oxygens (including phenoxy) is 2. The zero-order chi connectivity index (χ0) is 17.4. The number of carbonyl (C=O) groups excluding carboxylic acids is 2. The summed E-state index contributed by atoms with van der Waals surface area (Å²) in [6, 6.07) is 11.7. The van der Waals surface area contributed by atoms with E-state index in [4.69, 9.17) is 19.2 Å². The highest BCUT2D eigenvalue weighted by Crippen LogP contribution is 2.11. The molecule has 0 aliphatic rings. The Labute approximate surface area is 138 Å². The monoisotopic (exact) mass is 328 g/mol. The molecule has 2 rings (SSSR count). The van der Waals surface area contributed by atoms with Crippen molar-refractivity contribution in [3.63, 3.8) is 0 Å². The third-order valence-corrected chi connectivity index (χ3v) is 3.03. The second-order valence-corrected chi connectivity index (χ2v) is 4.85. The number of carbonyl (C=O) groups is 2. The third-order valence-electron chi connectivity index (χ3n) is 3.03. The zero-order valence-corrected chi connectivity index (χ0v) is 13.0. The second kappa shape index (κ2) is 8.39. The van der Waals surface area contributed by atoms with Gasteiger partial charge in [0.05, 0.1) is 24.4 Å². The van der Waals surface area contributed by atoms with Crippen LogP contribution in [-0.2, 0) is 20.9 Å². The van der Waals surface area contributed by atoms with Gasteiger partial charge in [0.2, 0.25) is 0 Å². The van der Waals surface area contributed by atoms with Crippen molar-refractivity contribution in [3.05, 3.63) is 54.0 Å². The van der Waals surface area contributed by atoms with E-state index in [2.05, 4.69) is 5.32 Å². The van der Waals surface area contributed by atoms with Gasteiger partial charge in [-0.3, -0.25) is 4.79 Å². The van der Waals surface area contributed by atoms with E-state index in [9.17, 15) is 9.59 Å². The van der Waals surface area contributed by atoms with Crippen LogP contribution in [-0.4, -0.2) is 24.6 Å². The highest BCUT2D eigenvalue weighted by molar-refractivity contribution is 5.83. The number of nitrogens with one attached hydrogen (secondary N) is 1. The van der Waals surface area contributed by atoms with Crippen LogP contribution in [0.4, 0.5) is 0 Å². The molecular formula is C17H16N2O5. The molecule has 0 aliphatic heterocycles. The molecule has 2 aromatic rings. The SMILES string of the molecule is C[C@@H](OC(=O)COc1ccc(C#N)cc1)C(=O)NCc1ccco1. The number of amides is 1. The van der Waals surface area contributed by atoms with E-state index in [-0.39, 0.29) is 13.2 Å². The summed E-state index contributed by atoms with van der Waals surface area (Å²) in [6.07, 6.45) is 0.558. The topological polar surface area (TPSA) is 102 Å². The molecule has 0 fully saturated rings. The first kappa shape index (κ1) is 17.1. The number of rotatable bonds is 7. The molecule has 0 spiro atoms. The summed E-state index contributed by atoms with van der Waals surface area (Å²) in [5.41, 5.74) is 0.492. The smallest absolute Gasteiger partial charge is 0.344 e. The lowest BCUT2D eigenvalue weighted by molar-refractivity contribution is -0.156. The van der Waals surface area contributed by atoms with Crippen LogP contribution < -0.4 is 10.1 Å². The van der Waals surface area contributed by atoms with Gasteiger partial charge in [-0.05, 0) is 43.3 Å². The molecule has 1 atom stereocenters. The fourth-order valence-electron chi connectivity index (χ4n) is 1.78. The Kier molecular flexibility index (Phi) is 5.97. The average molecular weight is 328 g/mol. The van der Waals surface area contributed by atoms with Crippen LogP contribution in [0, 0.1) is 11.3 Å². The third kappa shape index (κ3) is 5.18. The molecule has 1 aromatic heterocycles. The maximum absolute atomic E-state index is 11.8. The molecule has 124 valence electrons. The summed E-state index contributed by atoms with van der Waals surface area (Å²) in [7, 11) is 0. The summed E-state index contributed by atoms with van der Waals surface area (Å²) in [5, 5.41) is 11.3. The number of nitrogens with zero attached hydrogens (tertiary/aromatic N) is 1. The summed E-state index contributed by atoms with van der Waals surface area (Å²) >= 11 is 0. The Morgan fingerprint density at radius 1 is 1.29 bits per heavy atom. The molecule has 1 heterocycles. The fraction of sp³-hybridized carbons (Fsp3) is 0.235. The minimum absolute atomic E-state index is 0.218. The van der Waals surface area contributed by atoms with Gasteiger partial charge in [-0.25, -0.2) is 4.79 Å². The Hall–Kier alpha value is -3.27. The van der Waals surface area contributed by atoms with Crippen molar-refractivity contribution in [1.29, 1.82) is 5.26 Å². The van der Waals surface area contributed by atoms with Gasteiger partial charge in [0, 0.05) is 0 Å². The van der Waals surface area contributed by atoms with Crippen molar-refractivity contribution in [3.8, 4) is 11.8 Å². The molecule has 24 heavy (non-hydrogen) atoms. The van der Waals surface area contributed by atoms with Gasteiger partial charge >= 0.3 is 5.97 Å². The number of esters is 1. The van der Waals surface area contributed by atoms with Crippen molar-refractivity contribution >= 4 is 11.9 Å². The highest BCUT2D eigenvalue weighted by atomic mass is 16.6. The van der Waals surface area contributed by atoms with Crippen molar-refractivity contribution in [2.45, 2.75) is 19.6 Å². The second-order valence-electron chi connectivity index (χ2n) is 4.85. The minimum Gasteiger partial charge on any atom is -0.482 e. The van der Waals surface area contributed by atoms with Crippen LogP contribution in [0.15, 0.2) is 47.1 Å². The van der Waals surface area contributed by atoms with Crippen LogP contribution in [0.1, 0.15) is 18.2 Å². The molecule has 1 aromatic carbocycles. The first-order chi connectivity index (χ1) is 11.6. The molecule has 1 amide bonds. The summed E-state index contributed by atoms with van der Waals surface area (Å²) in [5.74, 6) is -0.0648. The summed E-state index contributed by atoms with van der Waals surface area (Å²) < 4.78 is 15.3. The predicted molar refractivity (Wildman–Crippen MR) is 82.8 cm³/mol. The molecule has 0 aliphatic carbocycles. The van der Waals surface area contributed by atoms with E-state index in [1.54, 1.807) is 36.4 Å². The molecule has 0 radical (unpaired) electrons. The van der Waals surface area contributed by atoms with E-state index in [1.807, 2.05) is 6.07 Å². The van der Waals surface area contributed by atoms with Crippen molar-refractivity contribution in [2.75, 3.05) is 6.61 Å². The van der Waals surface area contributed by atoms with Crippen LogP contribution in [0.5, 0.6) is 5.75 Å². The van der Waals surface area contributed by atoms with Gasteiger partial charge in [0.15, 0.2) is 12.7 Å². The van der Waals surface area contributed by atoms with E-state index in [1.165, 1.54) is 13.2 Å². The number of hydrogen-bond acceptors (Lipinski definition) is 6. The van der Waals surface area contributed by atoms with E-state index in [0.717, 1.165) is 0 Å². The van der Waals surface area contributed by atoms with Crippen molar-refractivity contribution in [1.82, 2.24) is 5.32 Å². The normalized spacial score (nSPS) is 11.2. The lowest BCUT2D eigenvalue weighted by Crippen LogP contribution is -2.36. The van der Waals surface area contributed by atoms with Crippen LogP contribution in [0.2, 0.25) is 0 Å². The average Bonchev–Trinajstić information content (AvgIpc) is 3.11.